The lowest BCUT2D eigenvalue weighted by Gasteiger charge is -2.16. The maximum absolute atomic E-state index is 4.64. The van der Waals surface area contributed by atoms with Crippen LogP contribution >= 0.6 is 0 Å². The summed E-state index contributed by atoms with van der Waals surface area (Å²) >= 11 is 0. The first-order valence-electron chi connectivity index (χ1n) is 6.24. The number of hydrogen-bond acceptors (Lipinski definition) is 1. The van der Waals surface area contributed by atoms with Gasteiger partial charge in [-0.3, -0.25) is 4.98 Å². The Balaban J connectivity index is 2.74. The maximum atomic E-state index is 4.64. The molecule has 1 aromatic rings. The molecule has 0 amide bonds. The van der Waals surface area contributed by atoms with Crippen molar-refractivity contribution in [1.29, 1.82) is 0 Å². The fourth-order valence-corrected chi connectivity index (χ4v) is 1.89. The van der Waals surface area contributed by atoms with Crippen LogP contribution in [-0.4, -0.2) is 4.98 Å². The van der Waals surface area contributed by atoms with Gasteiger partial charge in [0.2, 0.25) is 0 Å². The zero-order valence-corrected chi connectivity index (χ0v) is 11.3. The van der Waals surface area contributed by atoms with E-state index in [1.165, 1.54) is 16.8 Å². The van der Waals surface area contributed by atoms with Crippen molar-refractivity contribution in [2.75, 3.05) is 0 Å². The van der Waals surface area contributed by atoms with E-state index in [0.717, 1.165) is 25.0 Å². The van der Waals surface area contributed by atoms with Crippen LogP contribution in [-0.2, 0) is 6.42 Å². The lowest BCUT2D eigenvalue weighted by Crippen LogP contribution is -2.07. The summed E-state index contributed by atoms with van der Waals surface area (Å²) in [5, 5.41) is 0. The largest absolute Gasteiger partial charge is 0.258 e. The van der Waals surface area contributed by atoms with Crippen LogP contribution in [0.1, 0.15) is 36.7 Å². The highest BCUT2D eigenvalue weighted by atomic mass is 14.7. The van der Waals surface area contributed by atoms with Crippen molar-refractivity contribution in [2.24, 2.45) is 5.92 Å². The van der Waals surface area contributed by atoms with E-state index in [0.29, 0.717) is 5.92 Å². The van der Waals surface area contributed by atoms with Gasteiger partial charge in [-0.25, -0.2) is 0 Å². The minimum Gasteiger partial charge on any atom is -0.258 e. The van der Waals surface area contributed by atoms with E-state index in [4.69, 9.17) is 0 Å². The predicted molar refractivity (Wildman–Crippen MR) is 75.2 cm³/mol. The first-order chi connectivity index (χ1) is 8.04. The average molecular weight is 229 g/mol. The Morgan fingerprint density at radius 3 is 2.65 bits per heavy atom. The number of hydrogen-bond donors (Lipinski definition) is 0. The molecule has 1 rings (SSSR count). The molecule has 0 fully saturated rings. The van der Waals surface area contributed by atoms with Gasteiger partial charge in [-0.2, -0.15) is 0 Å². The van der Waals surface area contributed by atoms with Crippen molar-refractivity contribution in [3.63, 3.8) is 0 Å². The van der Waals surface area contributed by atoms with Gasteiger partial charge in [0.05, 0.1) is 0 Å². The summed E-state index contributed by atoms with van der Waals surface area (Å²) in [4.78, 5) is 4.64. The molecule has 0 aromatic carbocycles. The first-order valence-corrected chi connectivity index (χ1v) is 6.24. The summed E-state index contributed by atoms with van der Waals surface area (Å²) in [5.74, 6) is 0.516. The molecule has 1 heterocycles. The molecule has 0 N–H and O–H groups in total. The van der Waals surface area contributed by atoms with Crippen molar-refractivity contribution < 1.29 is 0 Å². The third kappa shape index (κ3) is 4.18. The molecule has 0 spiro atoms. The third-order valence-corrected chi connectivity index (χ3v) is 3.28. The topological polar surface area (TPSA) is 12.9 Å². The van der Waals surface area contributed by atoms with Crippen LogP contribution < -0.4 is 0 Å². The molecule has 1 unspecified atom stereocenters. The summed E-state index contributed by atoms with van der Waals surface area (Å²) in [6.07, 6.45) is 5.13. The number of allylic oxidation sites excluding steroid dienone is 2. The van der Waals surface area contributed by atoms with E-state index in [9.17, 15) is 0 Å². The van der Waals surface area contributed by atoms with Crippen molar-refractivity contribution in [3.05, 3.63) is 53.9 Å². The molecule has 1 heteroatoms. The standard InChI is InChI=1S/C16H23N/c1-6-7-8-15(12(2)3)11-16-10-9-13(4)14(5)17-16/h6,9-10,15H,1-2,7-8,11H2,3-5H3. The molecular formula is C16H23N. The van der Waals surface area contributed by atoms with E-state index >= 15 is 0 Å². The Kier molecular flexibility index (Phi) is 5.14. The lowest BCUT2D eigenvalue weighted by molar-refractivity contribution is 0.557. The molecule has 0 aliphatic carbocycles. The quantitative estimate of drug-likeness (QED) is 0.659. The Morgan fingerprint density at radius 2 is 2.12 bits per heavy atom. The Bertz CT molecular complexity index is 404. The van der Waals surface area contributed by atoms with Gasteiger partial charge in [0.25, 0.3) is 0 Å². The molecule has 0 saturated carbocycles. The summed E-state index contributed by atoms with van der Waals surface area (Å²) in [6, 6.07) is 4.28. The van der Waals surface area contributed by atoms with E-state index in [1.54, 1.807) is 0 Å². The fourth-order valence-electron chi connectivity index (χ4n) is 1.89. The summed E-state index contributed by atoms with van der Waals surface area (Å²) in [7, 11) is 0. The summed E-state index contributed by atoms with van der Waals surface area (Å²) in [6.45, 7) is 14.1. The van der Waals surface area contributed by atoms with Crippen molar-refractivity contribution in [3.8, 4) is 0 Å². The molecular weight excluding hydrogens is 206 g/mol. The predicted octanol–water partition coefficient (Wildman–Crippen LogP) is 4.40. The van der Waals surface area contributed by atoms with Gasteiger partial charge in [0.1, 0.15) is 0 Å². The van der Waals surface area contributed by atoms with Crippen LogP contribution in [0.3, 0.4) is 0 Å². The monoisotopic (exact) mass is 229 g/mol. The SMILES string of the molecule is C=CCCC(Cc1ccc(C)c(C)n1)C(=C)C. The second-order valence-electron chi connectivity index (χ2n) is 4.82. The van der Waals surface area contributed by atoms with Crippen molar-refractivity contribution >= 4 is 0 Å². The van der Waals surface area contributed by atoms with Crippen LogP contribution in [0.5, 0.6) is 0 Å². The summed E-state index contributed by atoms with van der Waals surface area (Å²) < 4.78 is 0. The number of aromatic nitrogens is 1. The number of nitrogens with zero attached hydrogens (tertiary/aromatic N) is 1. The number of pyridine rings is 1. The smallest absolute Gasteiger partial charge is 0.0413 e. The lowest BCUT2D eigenvalue weighted by atomic mass is 9.91. The van der Waals surface area contributed by atoms with E-state index in [-0.39, 0.29) is 0 Å². The fraction of sp³-hybridized carbons (Fsp3) is 0.438. The molecule has 1 aromatic heterocycles. The molecule has 0 aliphatic rings. The van der Waals surface area contributed by atoms with Crippen LogP contribution in [0.4, 0.5) is 0 Å². The van der Waals surface area contributed by atoms with Crippen LogP contribution in [0, 0.1) is 19.8 Å². The zero-order chi connectivity index (χ0) is 12.8. The highest BCUT2D eigenvalue weighted by Gasteiger charge is 2.11. The van der Waals surface area contributed by atoms with Gasteiger partial charge in [0.15, 0.2) is 0 Å². The van der Waals surface area contributed by atoms with E-state index in [1.807, 2.05) is 6.08 Å². The van der Waals surface area contributed by atoms with Gasteiger partial charge in [-0.1, -0.05) is 24.3 Å². The van der Waals surface area contributed by atoms with Gasteiger partial charge in [-0.05, 0) is 57.6 Å². The zero-order valence-electron chi connectivity index (χ0n) is 11.3. The van der Waals surface area contributed by atoms with Crippen LogP contribution in [0.25, 0.3) is 0 Å². The third-order valence-electron chi connectivity index (χ3n) is 3.28. The maximum Gasteiger partial charge on any atom is 0.0413 e. The van der Waals surface area contributed by atoms with E-state index < -0.39 is 0 Å². The molecule has 0 saturated heterocycles. The van der Waals surface area contributed by atoms with Gasteiger partial charge >= 0.3 is 0 Å². The Labute approximate surface area is 105 Å². The van der Waals surface area contributed by atoms with Crippen molar-refractivity contribution in [2.45, 2.75) is 40.0 Å². The molecule has 0 radical (unpaired) electrons. The normalized spacial score (nSPS) is 12.2. The highest BCUT2D eigenvalue weighted by Crippen LogP contribution is 2.20. The molecule has 0 bridgehead atoms. The first kappa shape index (κ1) is 13.7. The van der Waals surface area contributed by atoms with Gasteiger partial charge < -0.3 is 0 Å². The highest BCUT2D eigenvalue weighted by molar-refractivity contribution is 5.21. The van der Waals surface area contributed by atoms with Crippen LogP contribution in [0.15, 0.2) is 36.9 Å². The molecule has 1 atom stereocenters. The Hall–Kier alpha value is -1.37. The second-order valence-corrected chi connectivity index (χ2v) is 4.82. The number of rotatable bonds is 6. The molecule has 17 heavy (non-hydrogen) atoms. The van der Waals surface area contributed by atoms with Crippen LogP contribution in [0.2, 0.25) is 0 Å². The summed E-state index contributed by atoms with van der Waals surface area (Å²) in [5.41, 5.74) is 4.80. The molecule has 1 nitrogen and oxygen atoms in total. The second kappa shape index (κ2) is 6.39. The van der Waals surface area contributed by atoms with Gasteiger partial charge in [-0.15, -0.1) is 6.58 Å². The number of aryl methyl sites for hydroxylation is 2. The molecule has 92 valence electrons. The van der Waals surface area contributed by atoms with E-state index in [2.05, 4.69) is 51.0 Å². The van der Waals surface area contributed by atoms with Crippen molar-refractivity contribution in [1.82, 2.24) is 4.98 Å². The average Bonchev–Trinajstić information content (AvgIpc) is 2.28. The minimum absolute atomic E-state index is 0.516. The van der Waals surface area contributed by atoms with Gasteiger partial charge in [0, 0.05) is 11.4 Å². The minimum atomic E-state index is 0.516. The molecule has 0 aliphatic heterocycles. The Morgan fingerprint density at radius 1 is 1.41 bits per heavy atom.